The molecule has 9 nitrogen and oxygen atoms in total. The summed E-state index contributed by atoms with van der Waals surface area (Å²) < 4.78 is 22.3. The van der Waals surface area contributed by atoms with E-state index in [1.165, 1.54) is 6.42 Å². The van der Waals surface area contributed by atoms with E-state index < -0.39 is 30.3 Å². The largest absolute Gasteiger partial charge is 0.545 e. The predicted molar refractivity (Wildman–Crippen MR) is 191 cm³/mol. The number of quaternary nitrogens is 1. The van der Waals surface area contributed by atoms with Crippen LogP contribution in [0.2, 0.25) is 0 Å². The number of esters is 2. The molecule has 0 saturated heterocycles. The van der Waals surface area contributed by atoms with Crippen molar-refractivity contribution < 1.29 is 42.9 Å². The van der Waals surface area contributed by atoms with Crippen molar-refractivity contribution in [2.75, 3.05) is 47.5 Å². The monoisotopic (exact) mass is 675 g/mol. The molecular formula is C39H65NO8. The maximum Gasteiger partial charge on any atom is 0.306 e. The van der Waals surface area contributed by atoms with Crippen molar-refractivity contribution >= 4 is 17.9 Å². The lowest BCUT2D eigenvalue weighted by Crippen LogP contribution is -2.44. The molecule has 2 unspecified atom stereocenters. The van der Waals surface area contributed by atoms with Gasteiger partial charge in [0.05, 0.1) is 40.3 Å². The Labute approximate surface area is 291 Å². The highest BCUT2D eigenvalue weighted by Gasteiger charge is 2.21. The minimum Gasteiger partial charge on any atom is -0.545 e. The third kappa shape index (κ3) is 31.6. The third-order valence-electron chi connectivity index (χ3n) is 6.99. The summed E-state index contributed by atoms with van der Waals surface area (Å²) in [5.41, 5.74) is 0. The summed E-state index contributed by atoms with van der Waals surface area (Å²) in [6, 6.07) is 0. The molecule has 0 spiro atoms. The molecule has 0 aromatic carbocycles. The fourth-order valence-corrected chi connectivity index (χ4v) is 4.19. The van der Waals surface area contributed by atoms with Gasteiger partial charge in [0.1, 0.15) is 13.2 Å². The van der Waals surface area contributed by atoms with Crippen molar-refractivity contribution in [3.05, 3.63) is 60.8 Å². The average Bonchev–Trinajstić information content (AvgIpc) is 3.03. The van der Waals surface area contributed by atoms with Crippen LogP contribution in [0.15, 0.2) is 60.8 Å². The number of rotatable bonds is 31. The molecule has 0 amide bonds. The number of hydrogen-bond donors (Lipinski definition) is 0. The van der Waals surface area contributed by atoms with E-state index in [4.69, 9.17) is 18.9 Å². The van der Waals surface area contributed by atoms with Crippen LogP contribution in [0, 0.1) is 0 Å². The van der Waals surface area contributed by atoms with Crippen molar-refractivity contribution in [3.63, 3.8) is 0 Å². The van der Waals surface area contributed by atoms with Crippen molar-refractivity contribution in [2.24, 2.45) is 0 Å². The van der Waals surface area contributed by atoms with E-state index in [9.17, 15) is 19.5 Å². The number of nitrogens with zero attached hydrogens (tertiary/aromatic N) is 1. The van der Waals surface area contributed by atoms with Gasteiger partial charge in [-0.15, -0.1) is 0 Å². The van der Waals surface area contributed by atoms with Crippen molar-refractivity contribution in [1.29, 1.82) is 0 Å². The second kappa shape index (κ2) is 31.3. The Morgan fingerprint density at radius 1 is 0.646 bits per heavy atom. The quantitative estimate of drug-likeness (QED) is 0.0256. The van der Waals surface area contributed by atoms with Crippen LogP contribution in [0.5, 0.6) is 0 Å². The molecule has 274 valence electrons. The number of allylic oxidation sites excluding steroid dienone is 10. The Morgan fingerprint density at radius 3 is 1.85 bits per heavy atom. The highest BCUT2D eigenvalue weighted by molar-refractivity contribution is 5.70. The van der Waals surface area contributed by atoms with Crippen LogP contribution in [0.25, 0.3) is 0 Å². The van der Waals surface area contributed by atoms with Crippen molar-refractivity contribution in [1.82, 2.24) is 0 Å². The van der Waals surface area contributed by atoms with Gasteiger partial charge < -0.3 is 33.3 Å². The molecular weight excluding hydrogens is 610 g/mol. The second-order valence-corrected chi connectivity index (χ2v) is 12.8. The van der Waals surface area contributed by atoms with Gasteiger partial charge in [0, 0.05) is 12.8 Å². The molecule has 9 heteroatoms. The molecule has 0 N–H and O–H groups in total. The lowest BCUT2D eigenvalue weighted by Gasteiger charge is -2.26. The van der Waals surface area contributed by atoms with Gasteiger partial charge >= 0.3 is 11.9 Å². The summed E-state index contributed by atoms with van der Waals surface area (Å²) >= 11 is 0. The highest BCUT2D eigenvalue weighted by Crippen LogP contribution is 2.10. The Hall–Kier alpha value is -3.01. The fraction of sp³-hybridized carbons (Fsp3) is 0.667. The van der Waals surface area contributed by atoms with Gasteiger partial charge in [0.2, 0.25) is 0 Å². The minimum absolute atomic E-state index is 0.122. The first-order chi connectivity index (χ1) is 23.1. The Morgan fingerprint density at radius 2 is 1.23 bits per heavy atom. The Balaban J connectivity index is 4.73. The van der Waals surface area contributed by atoms with E-state index in [0.29, 0.717) is 23.9 Å². The molecule has 0 saturated carbocycles. The van der Waals surface area contributed by atoms with Gasteiger partial charge in [0.15, 0.2) is 12.4 Å². The number of likely N-dealkylation sites (N-methyl/N-ethyl adjacent to an activating group) is 1. The maximum absolute atomic E-state index is 12.6. The number of carbonyl (C=O) groups excluding carboxylic acids is 3. The highest BCUT2D eigenvalue weighted by atomic mass is 16.7. The van der Waals surface area contributed by atoms with Crippen LogP contribution in [0.3, 0.4) is 0 Å². The van der Waals surface area contributed by atoms with Crippen LogP contribution >= 0.6 is 0 Å². The second-order valence-electron chi connectivity index (χ2n) is 12.8. The fourth-order valence-electron chi connectivity index (χ4n) is 4.19. The third-order valence-corrected chi connectivity index (χ3v) is 6.99. The molecule has 0 fully saturated rings. The number of aliphatic carboxylic acids is 1. The Bertz CT molecular complexity index is 977. The van der Waals surface area contributed by atoms with Gasteiger partial charge in [-0.3, -0.25) is 9.59 Å². The molecule has 2 atom stereocenters. The zero-order chi connectivity index (χ0) is 35.7. The smallest absolute Gasteiger partial charge is 0.306 e. The summed E-state index contributed by atoms with van der Waals surface area (Å²) in [7, 11) is 5.86. The SMILES string of the molecule is CC/C=C\C/C=C\C/C=C\C/C=C\CCC(=O)OC(COC(=O)CCCCCCC/C=C\CCC)COC(OCC[N+](C)(C)C)C(=O)[O-]. The van der Waals surface area contributed by atoms with Gasteiger partial charge in [0.25, 0.3) is 0 Å². The maximum atomic E-state index is 12.6. The normalized spacial score (nSPS) is 13.8. The molecule has 48 heavy (non-hydrogen) atoms. The van der Waals surface area contributed by atoms with Crippen LogP contribution in [-0.2, 0) is 33.3 Å². The molecule has 0 bridgehead atoms. The molecule has 0 aromatic rings. The number of unbranched alkanes of at least 4 members (excludes halogenated alkanes) is 6. The number of ether oxygens (including phenoxy) is 4. The summed E-state index contributed by atoms with van der Waals surface area (Å²) in [6.07, 6.45) is 31.4. The van der Waals surface area contributed by atoms with Crippen LogP contribution in [0.1, 0.15) is 110 Å². The molecule has 0 aliphatic rings. The summed E-state index contributed by atoms with van der Waals surface area (Å²) in [6.45, 7) is 4.41. The van der Waals surface area contributed by atoms with Crippen molar-refractivity contribution in [3.8, 4) is 0 Å². The molecule has 0 radical (unpaired) electrons. The zero-order valence-electron chi connectivity index (χ0n) is 30.6. The predicted octanol–water partition coefficient (Wildman–Crippen LogP) is 6.93. The zero-order valence-corrected chi connectivity index (χ0v) is 30.6. The summed E-state index contributed by atoms with van der Waals surface area (Å²) in [4.78, 5) is 36.6. The van der Waals surface area contributed by atoms with Crippen LogP contribution in [-0.4, -0.2) is 82.3 Å². The van der Waals surface area contributed by atoms with Crippen LogP contribution in [0.4, 0.5) is 0 Å². The van der Waals surface area contributed by atoms with Gasteiger partial charge in [-0.25, -0.2) is 0 Å². The summed E-state index contributed by atoms with van der Waals surface area (Å²) in [5.74, 6) is -2.42. The number of hydrogen-bond acceptors (Lipinski definition) is 8. The summed E-state index contributed by atoms with van der Waals surface area (Å²) in [5, 5.41) is 11.6. The van der Waals surface area contributed by atoms with Crippen molar-refractivity contribution in [2.45, 2.75) is 123 Å². The molecule has 0 rings (SSSR count). The average molecular weight is 676 g/mol. The molecule has 0 aliphatic heterocycles. The molecule has 0 aromatic heterocycles. The van der Waals surface area contributed by atoms with E-state index in [-0.39, 0.29) is 32.7 Å². The number of carboxylic acid groups (broad SMARTS) is 1. The number of carbonyl (C=O) groups is 3. The minimum atomic E-state index is -1.64. The molecule has 0 aliphatic carbocycles. The lowest BCUT2D eigenvalue weighted by atomic mass is 10.1. The van der Waals surface area contributed by atoms with Gasteiger partial charge in [-0.1, -0.05) is 100 Å². The van der Waals surface area contributed by atoms with Gasteiger partial charge in [-0.05, 0) is 57.8 Å². The topological polar surface area (TPSA) is 111 Å². The number of carboxylic acids is 1. The Kier molecular flexibility index (Phi) is 29.3. The van der Waals surface area contributed by atoms with E-state index in [0.717, 1.165) is 64.2 Å². The van der Waals surface area contributed by atoms with E-state index in [2.05, 4.69) is 62.5 Å². The first-order valence-corrected chi connectivity index (χ1v) is 17.9. The van der Waals surface area contributed by atoms with E-state index >= 15 is 0 Å². The molecule has 0 heterocycles. The van der Waals surface area contributed by atoms with Gasteiger partial charge in [-0.2, -0.15) is 0 Å². The lowest BCUT2D eigenvalue weighted by molar-refractivity contribution is -0.870. The van der Waals surface area contributed by atoms with E-state index in [1.807, 2.05) is 33.3 Å². The first-order valence-electron chi connectivity index (χ1n) is 17.9. The van der Waals surface area contributed by atoms with Crippen LogP contribution < -0.4 is 5.11 Å². The van der Waals surface area contributed by atoms with E-state index in [1.54, 1.807) is 0 Å². The first kappa shape index (κ1) is 45.0. The standard InChI is InChI=1S/C39H65NO8/c1-6-8-10-12-14-16-18-19-20-22-24-26-28-30-37(42)48-35(34-47-39(38(43)44)45-32-31-40(3,4)5)33-46-36(41)29-27-25-23-21-17-15-13-11-9-7-2/h8,10-11,13-14,16,19-20,24,26,35,39H,6-7,9,12,15,17-18,21-23,25,27-34H2,1-5H3/b10-8-,13-11-,16-14-,20-19-,26-24-.